The van der Waals surface area contributed by atoms with Crippen LogP contribution in [0.1, 0.15) is 47.0 Å². The van der Waals surface area contributed by atoms with Crippen LogP contribution in [-0.4, -0.2) is 73.2 Å². The maximum absolute atomic E-state index is 11.7. The summed E-state index contributed by atoms with van der Waals surface area (Å²) in [6, 6.07) is 0. The molecule has 0 aromatic heterocycles. The number of carbonyl (C=O) groups is 4. The van der Waals surface area contributed by atoms with Gasteiger partial charge in [-0.05, 0) is 19.3 Å². The lowest BCUT2D eigenvalue weighted by Gasteiger charge is -2.19. The topological polar surface area (TPSA) is 122 Å². The number of hydrogen-bond donors (Lipinski definition) is 2. The van der Waals surface area contributed by atoms with Gasteiger partial charge in [-0.3, -0.25) is 24.5 Å². The van der Waals surface area contributed by atoms with E-state index in [9.17, 15) is 19.2 Å². The second-order valence-electron chi connectivity index (χ2n) is 5.34. The summed E-state index contributed by atoms with van der Waals surface area (Å²) in [6.45, 7) is 6.78. The summed E-state index contributed by atoms with van der Waals surface area (Å²) in [6.07, 6.45) is 1.38. The zero-order valence-corrected chi connectivity index (χ0v) is 16.4. The molecular weight excluding hydrogens is 344 g/mol. The summed E-state index contributed by atoms with van der Waals surface area (Å²) >= 11 is 0. The van der Waals surface area contributed by atoms with E-state index in [1.165, 1.54) is 18.7 Å². The number of unbranched alkanes of at least 4 members (excludes halogenated alkanes) is 1. The Bertz CT molecular complexity index is 441. The minimum Gasteiger partial charge on any atom is -0.480 e. The van der Waals surface area contributed by atoms with Gasteiger partial charge in [-0.1, -0.05) is 13.8 Å². The third kappa shape index (κ3) is 16.7. The fraction of sp³-hybridized carbons (Fsp3) is 0.765. The first-order valence-corrected chi connectivity index (χ1v) is 8.69. The highest BCUT2D eigenvalue weighted by molar-refractivity contribution is 5.78. The number of ether oxygens (including phenoxy) is 2. The van der Waals surface area contributed by atoms with Gasteiger partial charge in [0.15, 0.2) is 0 Å². The molecule has 0 aromatic rings. The van der Waals surface area contributed by atoms with Gasteiger partial charge in [0.05, 0.1) is 13.1 Å². The highest BCUT2D eigenvalue weighted by atomic mass is 16.6. The second kappa shape index (κ2) is 16.3. The molecule has 0 saturated carbocycles. The molecule has 0 aliphatic rings. The van der Waals surface area contributed by atoms with Crippen molar-refractivity contribution >= 4 is 23.8 Å². The van der Waals surface area contributed by atoms with E-state index in [0.717, 1.165) is 0 Å². The molecule has 0 saturated heterocycles. The molecule has 0 aliphatic heterocycles. The third-order valence-corrected chi connectivity index (χ3v) is 3.05. The van der Waals surface area contributed by atoms with Crippen LogP contribution in [0.5, 0.6) is 0 Å². The quantitative estimate of drug-likeness (QED) is 0.379. The second-order valence-corrected chi connectivity index (χ2v) is 5.34. The molecule has 0 heterocycles. The van der Waals surface area contributed by atoms with Crippen molar-refractivity contribution in [2.45, 2.75) is 53.1 Å². The summed E-state index contributed by atoms with van der Waals surface area (Å²) in [7, 11) is 1.63. The third-order valence-electron chi connectivity index (χ3n) is 3.05. The van der Waals surface area contributed by atoms with Crippen molar-refractivity contribution < 1.29 is 33.8 Å². The van der Waals surface area contributed by atoms with Crippen LogP contribution in [0.25, 0.3) is 0 Å². The van der Waals surface area contributed by atoms with Crippen LogP contribution in [-0.2, 0) is 28.7 Å². The van der Waals surface area contributed by atoms with E-state index >= 15 is 0 Å². The minimum atomic E-state index is -1.02. The van der Waals surface area contributed by atoms with Crippen molar-refractivity contribution in [2.24, 2.45) is 0 Å². The van der Waals surface area contributed by atoms with Crippen LogP contribution in [0.15, 0.2) is 0 Å². The smallest absolute Gasteiger partial charge is 0.317 e. The Labute approximate surface area is 155 Å². The van der Waals surface area contributed by atoms with Gasteiger partial charge in [-0.15, -0.1) is 0 Å². The SMILES string of the molecule is CC.CC(=O)OCC(CCCCN(C)C(=O)CNCC(=O)O)OC(C)=O. The molecule has 1 amide bonds. The summed E-state index contributed by atoms with van der Waals surface area (Å²) in [5, 5.41) is 11.0. The van der Waals surface area contributed by atoms with Crippen LogP contribution in [0.3, 0.4) is 0 Å². The van der Waals surface area contributed by atoms with Crippen molar-refractivity contribution in [3.05, 3.63) is 0 Å². The predicted molar refractivity (Wildman–Crippen MR) is 95.5 cm³/mol. The molecule has 0 fully saturated rings. The number of nitrogens with one attached hydrogen (secondary N) is 1. The Morgan fingerprint density at radius 3 is 2.15 bits per heavy atom. The van der Waals surface area contributed by atoms with Gasteiger partial charge in [-0.25, -0.2) is 0 Å². The van der Waals surface area contributed by atoms with E-state index in [4.69, 9.17) is 14.6 Å². The Morgan fingerprint density at radius 1 is 1.04 bits per heavy atom. The lowest BCUT2D eigenvalue weighted by molar-refractivity contribution is -0.156. The maximum Gasteiger partial charge on any atom is 0.317 e. The van der Waals surface area contributed by atoms with Gasteiger partial charge in [0.2, 0.25) is 5.91 Å². The zero-order chi connectivity index (χ0) is 20.5. The van der Waals surface area contributed by atoms with Gasteiger partial charge in [-0.2, -0.15) is 0 Å². The molecule has 9 heteroatoms. The number of carbonyl (C=O) groups excluding carboxylic acids is 3. The number of aliphatic carboxylic acids is 1. The number of carboxylic acid groups (broad SMARTS) is 1. The van der Waals surface area contributed by atoms with Gasteiger partial charge in [0.25, 0.3) is 0 Å². The van der Waals surface area contributed by atoms with Crippen molar-refractivity contribution in [1.29, 1.82) is 0 Å². The number of esters is 2. The Kier molecular flexibility index (Phi) is 16.4. The van der Waals surface area contributed by atoms with E-state index in [1.807, 2.05) is 13.8 Å². The standard InChI is InChI=1S/C15H26N2O7.C2H6/c1-11(18)23-10-13(24-12(2)19)6-4-5-7-17(3)14(20)8-16-9-15(21)22;1-2/h13,16H,4-10H2,1-3H3,(H,21,22);1-2H3. The highest BCUT2D eigenvalue weighted by Gasteiger charge is 2.14. The average molecular weight is 376 g/mol. The van der Waals surface area contributed by atoms with E-state index in [-0.39, 0.29) is 25.6 Å². The first-order valence-electron chi connectivity index (χ1n) is 8.69. The fourth-order valence-corrected chi connectivity index (χ4v) is 1.88. The average Bonchev–Trinajstić information content (AvgIpc) is 2.56. The molecule has 1 atom stereocenters. The highest BCUT2D eigenvalue weighted by Crippen LogP contribution is 2.07. The summed E-state index contributed by atoms with van der Waals surface area (Å²) in [4.78, 5) is 45.4. The molecule has 0 aliphatic carbocycles. The number of rotatable bonds is 12. The number of amides is 1. The van der Waals surface area contributed by atoms with Crippen LogP contribution < -0.4 is 5.32 Å². The number of nitrogens with zero attached hydrogens (tertiary/aromatic N) is 1. The summed E-state index contributed by atoms with van der Waals surface area (Å²) < 4.78 is 9.92. The Morgan fingerprint density at radius 2 is 1.65 bits per heavy atom. The molecule has 0 rings (SSSR count). The monoisotopic (exact) mass is 376 g/mol. The summed E-state index contributed by atoms with van der Waals surface area (Å²) in [5.74, 6) is -2.10. The Hall–Kier alpha value is -2.16. The zero-order valence-electron chi connectivity index (χ0n) is 16.4. The first kappa shape index (κ1) is 26.1. The fourth-order valence-electron chi connectivity index (χ4n) is 1.88. The maximum atomic E-state index is 11.7. The number of likely N-dealkylation sites (N-methyl/N-ethyl adjacent to an activating group) is 1. The summed E-state index contributed by atoms with van der Waals surface area (Å²) in [5.41, 5.74) is 0. The van der Waals surface area contributed by atoms with E-state index in [1.54, 1.807) is 7.05 Å². The molecule has 152 valence electrons. The largest absolute Gasteiger partial charge is 0.480 e. The number of carboxylic acids is 1. The van der Waals surface area contributed by atoms with E-state index in [0.29, 0.717) is 25.8 Å². The van der Waals surface area contributed by atoms with Gasteiger partial charge >= 0.3 is 17.9 Å². The van der Waals surface area contributed by atoms with Crippen LogP contribution in [0.4, 0.5) is 0 Å². The normalized spacial score (nSPS) is 10.8. The van der Waals surface area contributed by atoms with Crippen molar-refractivity contribution in [2.75, 3.05) is 33.3 Å². The molecular formula is C17H32N2O7. The molecule has 2 N–H and O–H groups in total. The number of hydrogen-bond acceptors (Lipinski definition) is 7. The molecule has 9 nitrogen and oxygen atoms in total. The minimum absolute atomic E-state index is 0.0167. The molecule has 0 aromatic carbocycles. The van der Waals surface area contributed by atoms with E-state index < -0.39 is 24.0 Å². The first-order chi connectivity index (χ1) is 12.2. The lowest BCUT2D eigenvalue weighted by atomic mass is 10.1. The van der Waals surface area contributed by atoms with Gasteiger partial charge in [0.1, 0.15) is 12.7 Å². The molecule has 0 bridgehead atoms. The Balaban J connectivity index is 0. The van der Waals surface area contributed by atoms with Crippen molar-refractivity contribution in [3.63, 3.8) is 0 Å². The predicted octanol–water partition coefficient (Wildman–Crippen LogP) is 0.810. The molecule has 0 spiro atoms. The van der Waals surface area contributed by atoms with Crippen molar-refractivity contribution in [3.8, 4) is 0 Å². The van der Waals surface area contributed by atoms with Crippen LogP contribution in [0, 0.1) is 0 Å². The molecule has 0 radical (unpaired) electrons. The van der Waals surface area contributed by atoms with Gasteiger partial charge in [0, 0.05) is 27.4 Å². The van der Waals surface area contributed by atoms with Crippen molar-refractivity contribution in [1.82, 2.24) is 10.2 Å². The van der Waals surface area contributed by atoms with Crippen LogP contribution >= 0.6 is 0 Å². The van der Waals surface area contributed by atoms with Gasteiger partial charge < -0.3 is 19.5 Å². The molecule has 26 heavy (non-hydrogen) atoms. The lowest BCUT2D eigenvalue weighted by Crippen LogP contribution is -2.37. The van der Waals surface area contributed by atoms with Crippen LogP contribution in [0.2, 0.25) is 0 Å². The molecule has 1 unspecified atom stereocenters. The van der Waals surface area contributed by atoms with E-state index in [2.05, 4.69) is 5.32 Å².